The lowest BCUT2D eigenvalue weighted by Gasteiger charge is -2.32. The van der Waals surface area contributed by atoms with Gasteiger partial charge in [0.1, 0.15) is 17.0 Å². The highest BCUT2D eigenvalue weighted by Gasteiger charge is 2.26. The first-order valence-electron chi connectivity index (χ1n) is 9.66. The van der Waals surface area contributed by atoms with Crippen LogP contribution in [0.2, 0.25) is 0 Å². The lowest BCUT2D eigenvalue weighted by Crippen LogP contribution is -2.35. The summed E-state index contributed by atoms with van der Waals surface area (Å²) >= 11 is 1.34. The molecule has 1 fully saturated rings. The minimum absolute atomic E-state index is 0.0549. The normalized spacial score (nSPS) is 22.0. The van der Waals surface area contributed by atoms with Crippen LogP contribution in [-0.2, 0) is 4.79 Å². The van der Waals surface area contributed by atoms with Gasteiger partial charge in [0.15, 0.2) is 5.78 Å². The summed E-state index contributed by atoms with van der Waals surface area (Å²) in [6.45, 7) is 9.27. The molecule has 1 aromatic heterocycles. The molecule has 0 saturated carbocycles. The molecule has 2 aliphatic rings. The number of ketones is 1. The maximum Gasteiger partial charge on any atom is 0.266 e. The predicted octanol–water partition coefficient (Wildman–Crippen LogP) is 0.832. The molecule has 7 heteroatoms. The third kappa shape index (κ3) is 3.64. The quantitative estimate of drug-likeness (QED) is 0.800. The minimum Gasteiger partial charge on any atom is -0.490 e. The number of ether oxygens (including phenoxy) is 1. The molecule has 1 unspecified atom stereocenters. The third-order valence-electron chi connectivity index (χ3n) is 5.04. The Morgan fingerprint density at radius 1 is 1.36 bits per heavy atom. The Kier molecular flexibility index (Phi) is 5.12. The van der Waals surface area contributed by atoms with Crippen LogP contribution in [0.1, 0.15) is 26.3 Å². The zero-order valence-corrected chi connectivity index (χ0v) is 17.2. The van der Waals surface area contributed by atoms with Crippen molar-refractivity contribution in [1.82, 2.24) is 10.3 Å². The second-order valence-electron chi connectivity index (χ2n) is 7.75. The van der Waals surface area contributed by atoms with Crippen molar-refractivity contribution in [3.63, 3.8) is 0 Å². The number of aromatic amines is 1. The number of Topliss-reactive ketones (excluding diaryl/α,β-unsaturated/α-hetero) is 1. The molecule has 2 aliphatic heterocycles. The maximum absolute atomic E-state index is 12.4. The highest BCUT2D eigenvalue weighted by molar-refractivity contribution is 7.07. The van der Waals surface area contributed by atoms with Crippen molar-refractivity contribution >= 4 is 34.5 Å². The van der Waals surface area contributed by atoms with Crippen LogP contribution in [0.15, 0.2) is 23.0 Å². The Balaban J connectivity index is 1.74. The Morgan fingerprint density at radius 2 is 2.18 bits per heavy atom. The van der Waals surface area contributed by atoms with E-state index in [-0.39, 0.29) is 17.4 Å². The fourth-order valence-electron chi connectivity index (χ4n) is 3.63. The summed E-state index contributed by atoms with van der Waals surface area (Å²) in [4.78, 5) is 29.8. The van der Waals surface area contributed by atoms with Crippen molar-refractivity contribution in [2.45, 2.75) is 26.8 Å². The van der Waals surface area contributed by atoms with E-state index in [0.717, 1.165) is 30.1 Å². The van der Waals surface area contributed by atoms with Gasteiger partial charge < -0.3 is 19.9 Å². The van der Waals surface area contributed by atoms with E-state index in [9.17, 15) is 9.59 Å². The van der Waals surface area contributed by atoms with Crippen LogP contribution < -0.4 is 29.7 Å². The van der Waals surface area contributed by atoms with Gasteiger partial charge in [0.05, 0.1) is 22.8 Å². The lowest BCUT2D eigenvalue weighted by atomic mass is 10.1. The van der Waals surface area contributed by atoms with E-state index >= 15 is 0 Å². The molecule has 0 radical (unpaired) electrons. The smallest absolute Gasteiger partial charge is 0.266 e. The van der Waals surface area contributed by atoms with Gasteiger partial charge in [-0.25, -0.2) is 0 Å². The number of hydrogen-bond acceptors (Lipinski definition) is 6. The van der Waals surface area contributed by atoms with Crippen LogP contribution in [0.5, 0.6) is 5.75 Å². The largest absolute Gasteiger partial charge is 0.490 e. The van der Waals surface area contributed by atoms with Gasteiger partial charge in [-0.3, -0.25) is 9.59 Å². The van der Waals surface area contributed by atoms with Crippen molar-refractivity contribution in [2.24, 2.45) is 5.92 Å². The molecule has 1 atom stereocenters. The Bertz CT molecular complexity index is 1080. The van der Waals surface area contributed by atoms with Crippen LogP contribution >= 0.6 is 11.3 Å². The average molecular weight is 400 g/mol. The fourth-order valence-corrected chi connectivity index (χ4v) is 4.63. The molecule has 2 aromatic rings. The van der Waals surface area contributed by atoms with Crippen LogP contribution in [0.4, 0.5) is 5.69 Å². The monoisotopic (exact) mass is 399 g/mol. The number of fused-ring (bicyclic) bond motifs is 1. The first-order valence-corrected chi connectivity index (χ1v) is 10.5. The SMILES string of the molecule is CC(C)CN1CCOc2ccc(/C=c3\s/c(=C4\CNC(C)C4=O)[nH]c3=O)cc21. The number of carbonyl (C=O) groups is 1. The molecule has 28 heavy (non-hydrogen) atoms. The summed E-state index contributed by atoms with van der Waals surface area (Å²) in [7, 11) is 0. The number of H-pyrrole nitrogens is 1. The first kappa shape index (κ1) is 19.0. The first-order chi connectivity index (χ1) is 13.4. The molecule has 2 N–H and O–H groups in total. The van der Waals surface area contributed by atoms with Crippen molar-refractivity contribution in [1.29, 1.82) is 0 Å². The molecule has 148 valence electrons. The van der Waals surface area contributed by atoms with E-state index in [2.05, 4.69) is 35.1 Å². The molecule has 1 aromatic carbocycles. The van der Waals surface area contributed by atoms with Crippen molar-refractivity contribution in [3.8, 4) is 5.75 Å². The summed E-state index contributed by atoms with van der Waals surface area (Å²) in [5.74, 6) is 1.49. The van der Waals surface area contributed by atoms with Gasteiger partial charge in [-0.05, 0) is 36.6 Å². The Labute approximate surface area is 167 Å². The number of rotatable bonds is 3. The molecule has 0 aliphatic carbocycles. The molecule has 0 amide bonds. The molecule has 6 nitrogen and oxygen atoms in total. The van der Waals surface area contributed by atoms with E-state index in [0.29, 0.717) is 33.8 Å². The number of carbonyl (C=O) groups excluding carboxylic acids is 1. The summed E-state index contributed by atoms with van der Waals surface area (Å²) in [5.41, 5.74) is 2.52. The van der Waals surface area contributed by atoms with E-state index in [4.69, 9.17) is 4.74 Å². The molecule has 1 saturated heterocycles. The number of hydrogen-bond donors (Lipinski definition) is 2. The van der Waals surface area contributed by atoms with Gasteiger partial charge in [0, 0.05) is 18.7 Å². The number of benzene rings is 1. The second kappa shape index (κ2) is 7.56. The van der Waals surface area contributed by atoms with Crippen molar-refractivity contribution in [3.05, 3.63) is 43.3 Å². The number of aromatic nitrogens is 1. The minimum atomic E-state index is -0.194. The molecular weight excluding hydrogens is 374 g/mol. The van der Waals surface area contributed by atoms with Gasteiger partial charge >= 0.3 is 0 Å². The zero-order chi connectivity index (χ0) is 19.8. The second-order valence-corrected chi connectivity index (χ2v) is 8.81. The lowest BCUT2D eigenvalue weighted by molar-refractivity contribution is -0.114. The topological polar surface area (TPSA) is 74.4 Å². The maximum atomic E-state index is 12.4. The number of nitrogens with zero attached hydrogens (tertiary/aromatic N) is 1. The van der Waals surface area contributed by atoms with Crippen molar-refractivity contribution in [2.75, 3.05) is 31.1 Å². The van der Waals surface area contributed by atoms with E-state index in [1.807, 2.05) is 25.1 Å². The third-order valence-corrected chi connectivity index (χ3v) is 6.11. The highest BCUT2D eigenvalue weighted by Crippen LogP contribution is 2.33. The predicted molar refractivity (Wildman–Crippen MR) is 113 cm³/mol. The van der Waals surface area contributed by atoms with E-state index < -0.39 is 0 Å². The Hall–Kier alpha value is -2.38. The molecule has 0 spiro atoms. The molecule has 0 bridgehead atoms. The van der Waals surface area contributed by atoms with Gasteiger partial charge in [0.25, 0.3) is 5.56 Å². The molecule has 4 rings (SSSR count). The number of anilines is 1. The van der Waals surface area contributed by atoms with Crippen LogP contribution in [0.3, 0.4) is 0 Å². The summed E-state index contributed by atoms with van der Waals surface area (Å²) in [5, 5.41) is 3.12. The number of thiazole rings is 1. The fraction of sp³-hybridized carbons (Fsp3) is 0.429. The van der Waals surface area contributed by atoms with E-state index in [1.165, 1.54) is 11.3 Å². The summed E-state index contributed by atoms with van der Waals surface area (Å²) in [6.07, 6.45) is 1.88. The van der Waals surface area contributed by atoms with Gasteiger partial charge in [-0.1, -0.05) is 19.9 Å². The number of nitrogens with one attached hydrogen (secondary N) is 2. The van der Waals surface area contributed by atoms with Crippen LogP contribution in [0.25, 0.3) is 11.6 Å². The summed E-state index contributed by atoms with van der Waals surface area (Å²) in [6, 6.07) is 5.82. The standard InChI is InChI=1S/C21H25N3O3S/c1-12(2)11-24-6-7-27-17-5-4-14(8-16(17)24)9-18-20(26)23-21(28-18)15-10-22-13(3)19(15)25/h4-5,8-9,12-13,22H,6-7,10-11H2,1-3H3,(H,23,26)/b18-9-,21-15+. The van der Waals surface area contributed by atoms with Crippen LogP contribution in [-0.4, -0.2) is 43.1 Å². The van der Waals surface area contributed by atoms with Crippen LogP contribution in [0, 0.1) is 5.92 Å². The average Bonchev–Trinajstić information content (AvgIpc) is 3.18. The Morgan fingerprint density at radius 3 is 2.89 bits per heavy atom. The zero-order valence-electron chi connectivity index (χ0n) is 16.4. The molecular formula is C21H25N3O3S. The van der Waals surface area contributed by atoms with E-state index in [1.54, 1.807) is 0 Å². The summed E-state index contributed by atoms with van der Waals surface area (Å²) < 4.78 is 7.04. The molecule has 3 heterocycles. The van der Waals surface area contributed by atoms with Gasteiger partial charge in [-0.15, -0.1) is 11.3 Å². The van der Waals surface area contributed by atoms with Crippen molar-refractivity contribution < 1.29 is 9.53 Å². The van der Waals surface area contributed by atoms with Gasteiger partial charge in [0.2, 0.25) is 0 Å². The highest BCUT2D eigenvalue weighted by atomic mass is 32.1. The van der Waals surface area contributed by atoms with Gasteiger partial charge in [-0.2, -0.15) is 0 Å².